The lowest BCUT2D eigenvalue weighted by atomic mass is 10.0. The molecule has 0 N–H and O–H groups in total. The second-order valence-electron chi connectivity index (χ2n) is 5.90. The van der Waals surface area contributed by atoms with Gasteiger partial charge >= 0.3 is 0 Å². The first-order valence-corrected chi connectivity index (χ1v) is 8.16. The molecule has 5 aromatic rings. The summed E-state index contributed by atoms with van der Waals surface area (Å²) >= 11 is 0. The largest absolute Gasteiger partial charge is 0.212 e. The number of hydrogen-bond acceptors (Lipinski definition) is 3. The highest BCUT2D eigenvalue weighted by atomic mass is 15.3. The fraction of sp³-hybridized carbons (Fsp3) is 0. The molecule has 0 fully saturated rings. The molecule has 0 saturated carbocycles. The Morgan fingerprint density at radius 2 is 1.36 bits per heavy atom. The molecule has 3 aromatic carbocycles. The van der Waals surface area contributed by atoms with E-state index < -0.39 is 0 Å². The molecule has 0 unspecified atom stereocenters. The minimum absolute atomic E-state index is 0.747. The Morgan fingerprint density at radius 3 is 2.24 bits per heavy atom. The number of benzene rings is 3. The van der Waals surface area contributed by atoms with Crippen LogP contribution in [0.5, 0.6) is 0 Å². The summed E-state index contributed by atoms with van der Waals surface area (Å²) in [6, 6.07) is 26.5. The van der Waals surface area contributed by atoms with E-state index in [-0.39, 0.29) is 0 Å². The summed E-state index contributed by atoms with van der Waals surface area (Å²) < 4.78 is 1.86. The van der Waals surface area contributed by atoms with Crippen LogP contribution in [0.2, 0.25) is 0 Å². The van der Waals surface area contributed by atoms with Crippen molar-refractivity contribution in [3.05, 3.63) is 85.1 Å². The molecule has 25 heavy (non-hydrogen) atoms. The number of hydrogen-bond donors (Lipinski definition) is 0. The SMILES string of the molecule is c1ccc(-c2nnc(-n3ncc4ccccc43)c3ccccc23)cc1. The molecule has 4 heteroatoms. The number of para-hydroxylation sites is 1. The average molecular weight is 322 g/mol. The fourth-order valence-corrected chi connectivity index (χ4v) is 3.20. The predicted molar refractivity (Wildman–Crippen MR) is 99.6 cm³/mol. The lowest BCUT2D eigenvalue weighted by Gasteiger charge is -2.10. The Morgan fingerprint density at radius 1 is 0.640 bits per heavy atom. The van der Waals surface area contributed by atoms with Gasteiger partial charge in [0.25, 0.3) is 0 Å². The number of fused-ring (bicyclic) bond motifs is 2. The van der Waals surface area contributed by atoms with E-state index in [9.17, 15) is 0 Å². The summed E-state index contributed by atoms with van der Waals surface area (Å²) in [6.45, 7) is 0. The zero-order valence-corrected chi connectivity index (χ0v) is 13.4. The predicted octanol–water partition coefficient (Wildman–Crippen LogP) is 4.64. The van der Waals surface area contributed by atoms with Crippen molar-refractivity contribution in [2.24, 2.45) is 0 Å². The van der Waals surface area contributed by atoms with Crippen molar-refractivity contribution >= 4 is 21.7 Å². The summed E-state index contributed by atoms with van der Waals surface area (Å²) in [4.78, 5) is 0. The minimum Gasteiger partial charge on any atom is -0.212 e. The van der Waals surface area contributed by atoms with Crippen LogP contribution < -0.4 is 0 Å². The molecule has 0 aliphatic rings. The molecule has 0 aliphatic heterocycles. The van der Waals surface area contributed by atoms with Crippen LogP contribution in [-0.4, -0.2) is 20.0 Å². The van der Waals surface area contributed by atoms with Gasteiger partial charge in [-0.3, -0.25) is 0 Å². The molecule has 0 radical (unpaired) electrons. The Labute approximate surface area is 144 Å². The standard InChI is InChI=1S/C21H14N4/c1-2-8-15(9-3-1)20-17-11-5-6-12-18(17)21(24-23-20)25-19-13-7-4-10-16(19)14-22-25/h1-14H. The van der Waals surface area contributed by atoms with E-state index >= 15 is 0 Å². The normalized spacial score (nSPS) is 11.2. The van der Waals surface area contributed by atoms with Crippen LogP contribution in [0.15, 0.2) is 85.1 Å². The van der Waals surface area contributed by atoms with Crippen molar-refractivity contribution in [1.29, 1.82) is 0 Å². The zero-order valence-electron chi connectivity index (χ0n) is 13.4. The number of nitrogens with zero attached hydrogens (tertiary/aromatic N) is 4. The zero-order chi connectivity index (χ0) is 16.6. The van der Waals surface area contributed by atoms with Crippen molar-refractivity contribution in [1.82, 2.24) is 20.0 Å². The lowest BCUT2D eigenvalue weighted by molar-refractivity contribution is 0.850. The molecule has 0 spiro atoms. The third-order valence-electron chi connectivity index (χ3n) is 4.39. The van der Waals surface area contributed by atoms with E-state index in [4.69, 9.17) is 0 Å². The van der Waals surface area contributed by atoms with E-state index in [0.717, 1.165) is 38.8 Å². The highest BCUT2D eigenvalue weighted by molar-refractivity contribution is 5.98. The van der Waals surface area contributed by atoms with Crippen molar-refractivity contribution in [3.63, 3.8) is 0 Å². The third kappa shape index (κ3) is 2.19. The Hall–Kier alpha value is -3.53. The number of aromatic nitrogens is 4. The molecule has 0 saturated heterocycles. The second kappa shape index (κ2) is 5.53. The summed E-state index contributed by atoms with van der Waals surface area (Å²) in [5, 5.41) is 16.8. The average Bonchev–Trinajstić information content (AvgIpc) is 3.12. The van der Waals surface area contributed by atoms with Gasteiger partial charge < -0.3 is 0 Å². The topological polar surface area (TPSA) is 43.6 Å². The Kier molecular flexibility index (Phi) is 3.07. The smallest absolute Gasteiger partial charge is 0.184 e. The van der Waals surface area contributed by atoms with E-state index in [1.807, 2.05) is 65.5 Å². The molecule has 0 bridgehead atoms. The maximum atomic E-state index is 4.53. The van der Waals surface area contributed by atoms with Crippen LogP contribution in [0, 0.1) is 0 Å². The molecule has 2 aromatic heterocycles. The summed E-state index contributed by atoms with van der Waals surface area (Å²) in [6.07, 6.45) is 1.86. The fourth-order valence-electron chi connectivity index (χ4n) is 3.20. The van der Waals surface area contributed by atoms with E-state index in [0.29, 0.717) is 0 Å². The molecule has 0 aliphatic carbocycles. The molecule has 2 heterocycles. The maximum absolute atomic E-state index is 4.53. The molecule has 4 nitrogen and oxygen atoms in total. The van der Waals surface area contributed by atoms with Gasteiger partial charge in [0.2, 0.25) is 0 Å². The van der Waals surface area contributed by atoms with Gasteiger partial charge in [-0.25, -0.2) is 4.68 Å². The van der Waals surface area contributed by atoms with Gasteiger partial charge in [-0.15, -0.1) is 10.2 Å². The van der Waals surface area contributed by atoms with Crippen molar-refractivity contribution in [3.8, 4) is 17.1 Å². The number of rotatable bonds is 2. The van der Waals surface area contributed by atoms with Gasteiger partial charge in [0.1, 0.15) is 5.69 Å². The first-order chi connectivity index (χ1) is 12.4. The lowest BCUT2D eigenvalue weighted by Crippen LogP contribution is -2.03. The van der Waals surface area contributed by atoms with Crippen molar-refractivity contribution < 1.29 is 0 Å². The van der Waals surface area contributed by atoms with Gasteiger partial charge in [-0.05, 0) is 6.07 Å². The minimum atomic E-state index is 0.747. The molecule has 5 rings (SSSR count). The molecule has 0 amide bonds. The second-order valence-corrected chi connectivity index (χ2v) is 5.90. The maximum Gasteiger partial charge on any atom is 0.184 e. The molecular weight excluding hydrogens is 308 g/mol. The van der Waals surface area contributed by atoms with E-state index in [2.05, 4.69) is 39.6 Å². The Balaban J connectivity index is 1.82. The monoisotopic (exact) mass is 322 g/mol. The summed E-state index contributed by atoms with van der Waals surface area (Å²) in [5.74, 6) is 0.747. The van der Waals surface area contributed by atoms with Crippen LogP contribution in [0.25, 0.3) is 38.8 Å². The molecular formula is C21H14N4. The van der Waals surface area contributed by atoms with Crippen molar-refractivity contribution in [2.45, 2.75) is 0 Å². The van der Waals surface area contributed by atoms with Crippen LogP contribution >= 0.6 is 0 Å². The highest BCUT2D eigenvalue weighted by Crippen LogP contribution is 2.29. The van der Waals surface area contributed by atoms with Gasteiger partial charge in [0.15, 0.2) is 5.82 Å². The van der Waals surface area contributed by atoms with Crippen molar-refractivity contribution in [2.75, 3.05) is 0 Å². The van der Waals surface area contributed by atoms with Crippen LogP contribution in [0.3, 0.4) is 0 Å². The van der Waals surface area contributed by atoms with E-state index in [1.165, 1.54) is 0 Å². The van der Waals surface area contributed by atoms with Crippen LogP contribution in [-0.2, 0) is 0 Å². The molecule has 0 atom stereocenters. The summed E-state index contributed by atoms with van der Waals surface area (Å²) in [7, 11) is 0. The summed E-state index contributed by atoms with van der Waals surface area (Å²) in [5.41, 5.74) is 2.97. The third-order valence-corrected chi connectivity index (χ3v) is 4.39. The van der Waals surface area contributed by atoms with E-state index in [1.54, 1.807) is 0 Å². The first kappa shape index (κ1) is 13.9. The highest BCUT2D eigenvalue weighted by Gasteiger charge is 2.14. The quantitative estimate of drug-likeness (QED) is 0.476. The van der Waals surface area contributed by atoms with Gasteiger partial charge in [0, 0.05) is 21.7 Å². The first-order valence-electron chi connectivity index (χ1n) is 8.16. The van der Waals surface area contributed by atoms with Crippen LogP contribution in [0.1, 0.15) is 0 Å². The van der Waals surface area contributed by atoms with Gasteiger partial charge in [0.05, 0.1) is 11.7 Å². The van der Waals surface area contributed by atoms with Gasteiger partial charge in [-0.1, -0.05) is 72.8 Å². The van der Waals surface area contributed by atoms with Crippen LogP contribution in [0.4, 0.5) is 0 Å². The molecule has 118 valence electrons. The van der Waals surface area contributed by atoms with Gasteiger partial charge in [-0.2, -0.15) is 5.10 Å². The Bertz CT molecular complexity index is 1190.